The molecular formula is C27H27F2N7O2. The molecule has 2 aliphatic heterocycles. The van der Waals surface area contributed by atoms with Crippen LogP contribution >= 0.6 is 0 Å². The number of hydrogen-bond donors (Lipinski definition) is 3. The molecule has 0 spiro atoms. The van der Waals surface area contributed by atoms with Crippen LogP contribution in [0.1, 0.15) is 30.5 Å². The largest absolute Gasteiger partial charge is 0.407 e. The number of carbonyl (C=O) groups excluding carboxylic acids is 1. The SMILES string of the molecule is CC.N=C(O/C(N)=N/C1N=C(c2ccccc2)c2ccccc2NC1=O)c1cccnc1N1CC(F)(F)C1. The second-order valence-electron chi connectivity index (χ2n) is 8.24. The highest BCUT2D eigenvalue weighted by molar-refractivity contribution is 6.19. The summed E-state index contributed by atoms with van der Waals surface area (Å²) in [5.41, 5.74) is 8.71. The van der Waals surface area contributed by atoms with E-state index in [1.54, 1.807) is 18.2 Å². The molecule has 9 nitrogen and oxygen atoms in total. The number of ether oxygens (including phenoxy) is 1. The van der Waals surface area contributed by atoms with E-state index in [1.165, 1.54) is 17.2 Å². The summed E-state index contributed by atoms with van der Waals surface area (Å²) in [6, 6.07) is 19.1. The molecule has 1 amide bonds. The van der Waals surface area contributed by atoms with E-state index in [1.807, 2.05) is 56.3 Å². The summed E-state index contributed by atoms with van der Waals surface area (Å²) in [5, 5.41) is 11.1. The van der Waals surface area contributed by atoms with Gasteiger partial charge in [0.2, 0.25) is 12.1 Å². The summed E-state index contributed by atoms with van der Waals surface area (Å²) in [4.78, 5) is 27.0. The third kappa shape index (κ3) is 5.66. The maximum atomic E-state index is 13.4. The molecule has 0 aliphatic carbocycles. The van der Waals surface area contributed by atoms with Crippen molar-refractivity contribution in [3.63, 3.8) is 0 Å². The van der Waals surface area contributed by atoms with Gasteiger partial charge in [-0.15, -0.1) is 0 Å². The fraction of sp³-hybridized carbons (Fsp3) is 0.222. The summed E-state index contributed by atoms with van der Waals surface area (Å²) >= 11 is 0. The summed E-state index contributed by atoms with van der Waals surface area (Å²) in [6.07, 6.45) is 0.149. The van der Waals surface area contributed by atoms with Gasteiger partial charge in [0, 0.05) is 17.3 Å². The zero-order chi connectivity index (χ0) is 27.3. The molecule has 2 aromatic carbocycles. The number of para-hydroxylation sites is 1. The van der Waals surface area contributed by atoms with Crippen LogP contribution < -0.4 is 16.0 Å². The number of carbonyl (C=O) groups is 1. The van der Waals surface area contributed by atoms with Gasteiger partial charge in [0.15, 0.2) is 0 Å². The number of benzodiazepines with no additional fused rings is 1. The Morgan fingerprint density at radius 1 is 1.11 bits per heavy atom. The second kappa shape index (κ2) is 11.2. The number of amides is 1. The zero-order valence-corrected chi connectivity index (χ0v) is 20.9. The average Bonchev–Trinajstić information content (AvgIpc) is 3.05. The number of hydrogen-bond acceptors (Lipinski definition) is 7. The molecule has 4 N–H and O–H groups in total. The van der Waals surface area contributed by atoms with Crippen molar-refractivity contribution in [1.29, 1.82) is 5.41 Å². The van der Waals surface area contributed by atoms with Gasteiger partial charge in [-0.05, 0) is 18.2 Å². The van der Waals surface area contributed by atoms with Crippen LogP contribution in [0.15, 0.2) is 82.9 Å². The van der Waals surface area contributed by atoms with Crippen molar-refractivity contribution in [3.05, 3.63) is 89.6 Å². The molecule has 0 radical (unpaired) electrons. The Labute approximate surface area is 218 Å². The summed E-state index contributed by atoms with van der Waals surface area (Å²) in [6.45, 7) is 2.99. The number of alkyl halides is 2. The molecule has 0 saturated carbocycles. The molecule has 1 saturated heterocycles. The lowest BCUT2D eigenvalue weighted by molar-refractivity contribution is -0.117. The van der Waals surface area contributed by atoms with Crippen molar-refractivity contribution in [2.45, 2.75) is 25.9 Å². The molecule has 3 heterocycles. The van der Waals surface area contributed by atoms with Crippen molar-refractivity contribution >= 4 is 35.0 Å². The van der Waals surface area contributed by atoms with Gasteiger partial charge in [-0.25, -0.2) is 18.8 Å². The molecular weight excluding hydrogens is 492 g/mol. The quantitative estimate of drug-likeness (QED) is 0.354. The Bertz CT molecular complexity index is 1380. The van der Waals surface area contributed by atoms with E-state index in [0.717, 1.165) is 5.56 Å². The van der Waals surface area contributed by atoms with Crippen molar-refractivity contribution in [3.8, 4) is 0 Å². The van der Waals surface area contributed by atoms with E-state index in [4.69, 9.17) is 15.9 Å². The van der Waals surface area contributed by atoms with Gasteiger partial charge in [-0.2, -0.15) is 4.99 Å². The number of rotatable bonds is 4. The first-order valence-electron chi connectivity index (χ1n) is 12.0. The number of nitrogens with two attached hydrogens (primary N) is 1. The van der Waals surface area contributed by atoms with E-state index < -0.39 is 43.0 Å². The molecule has 2 aliphatic rings. The van der Waals surface area contributed by atoms with Crippen LogP contribution in [-0.4, -0.2) is 53.7 Å². The smallest absolute Gasteiger partial charge is 0.291 e. The number of nitrogens with zero attached hydrogens (tertiary/aromatic N) is 4. The predicted octanol–water partition coefficient (Wildman–Crippen LogP) is 4.04. The Kier molecular flexibility index (Phi) is 7.75. The van der Waals surface area contributed by atoms with Gasteiger partial charge < -0.3 is 20.7 Å². The third-order valence-electron chi connectivity index (χ3n) is 5.60. The van der Waals surface area contributed by atoms with Crippen LogP contribution in [0.3, 0.4) is 0 Å². The molecule has 0 bridgehead atoms. The van der Waals surface area contributed by atoms with Crippen LogP contribution in [-0.2, 0) is 9.53 Å². The van der Waals surface area contributed by atoms with Gasteiger partial charge in [0.1, 0.15) is 5.82 Å². The third-order valence-corrected chi connectivity index (χ3v) is 5.60. The highest BCUT2D eigenvalue weighted by Crippen LogP contribution is 2.32. The van der Waals surface area contributed by atoms with E-state index >= 15 is 0 Å². The number of amidine groups is 1. The minimum absolute atomic E-state index is 0.164. The van der Waals surface area contributed by atoms with E-state index in [0.29, 0.717) is 17.0 Å². The number of aliphatic imine (C=N–C) groups is 2. The number of nitrogens with one attached hydrogen (secondary N) is 2. The maximum Gasteiger partial charge on any atom is 0.291 e. The lowest BCUT2D eigenvalue weighted by Gasteiger charge is -2.40. The highest BCUT2D eigenvalue weighted by atomic mass is 19.3. The van der Waals surface area contributed by atoms with Crippen LogP contribution in [0.25, 0.3) is 0 Å². The first-order chi connectivity index (χ1) is 18.3. The Balaban J connectivity index is 0.00000164. The minimum Gasteiger partial charge on any atom is -0.407 e. The Morgan fingerprint density at radius 2 is 1.79 bits per heavy atom. The van der Waals surface area contributed by atoms with Gasteiger partial charge >= 0.3 is 0 Å². The van der Waals surface area contributed by atoms with Crippen LogP contribution in [0.5, 0.6) is 0 Å². The van der Waals surface area contributed by atoms with Crippen molar-refractivity contribution in [1.82, 2.24) is 4.98 Å². The molecule has 11 heteroatoms. The number of aromatic nitrogens is 1. The lowest BCUT2D eigenvalue weighted by atomic mass is 10.0. The fourth-order valence-corrected chi connectivity index (χ4v) is 3.95. The molecule has 38 heavy (non-hydrogen) atoms. The molecule has 5 rings (SSSR count). The molecule has 1 unspecified atom stereocenters. The number of fused-ring (bicyclic) bond motifs is 1. The van der Waals surface area contributed by atoms with Gasteiger partial charge in [-0.1, -0.05) is 62.4 Å². The van der Waals surface area contributed by atoms with Crippen LogP contribution in [0.4, 0.5) is 20.3 Å². The summed E-state index contributed by atoms with van der Waals surface area (Å²) < 4.78 is 32.1. The van der Waals surface area contributed by atoms with Gasteiger partial charge in [0.25, 0.3) is 17.9 Å². The average molecular weight is 520 g/mol. The molecule has 196 valence electrons. The summed E-state index contributed by atoms with van der Waals surface area (Å²) in [7, 11) is 0. The maximum absolute atomic E-state index is 13.4. The number of pyridine rings is 1. The fourth-order valence-electron chi connectivity index (χ4n) is 3.95. The predicted molar refractivity (Wildman–Crippen MR) is 143 cm³/mol. The van der Waals surface area contributed by atoms with Gasteiger partial charge in [0.05, 0.1) is 30.1 Å². The van der Waals surface area contributed by atoms with Gasteiger partial charge in [-0.3, -0.25) is 10.2 Å². The zero-order valence-electron chi connectivity index (χ0n) is 20.9. The molecule has 3 aromatic rings. The van der Waals surface area contributed by atoms with E-state index in [9.17, 15) is 13.6 Å². The van der Waals surface area contributed by atoms with Crippen molar-refractivity contribution < 1.29 is 18.3 Å². The first-order valence-corrected chi connectivity index (χ1v) is 12.0. The van der Waals surface area contributed by atoms with E-state index in [2.05, 4.69) is 20.3 Å². The topological polar surface area (TPSA) is 129 Å². The summed E-state index contributed by atoms with van der Waals surface area (Å²) in [5.74, 6) is -3.61. The first kappa shape index (κ1) is 26.4. The van der Waals surface area contributed by atoms with E-state index in [-0.39, 0.29) is 11.4 Å². The number of anilines is 2. The monoisotopic (exact) mass is 519 g/mol. The minimum atomic E-state index is -2.81. The van der Waals surface area contributed by atoms with Crippen molar-refractivity contribution in [2.24, 2.45) is 15.7 Å². The number of halogens is 2. The Hall–Kier alpha value is -4.67. The number of benzene rings is 2. The lowest BCUT2D eigenvalue weighted by Crippen LogP contribution is -2.57. The normalized spacial score (nSPS) is 17.9. The second-order valence-corrected chi connectivity index (χ2v) is 8.24. The Morgan fingerprint density at radius 3 is 2.50 bits per heavy atom. The molecule has 1 fully saturated rings. The standard InChI is InChI=1S/C25H21F2N7O2.C2H6/c26-25(27)13-34(14-25)22-17(10-6-12-30-22)20(28)36-24(29)33-21-23(35)31-18-11-5-4-9-16(18)19(32-21)15-7-2-1-3-8-15;1-2/h1-12,21,28H,13-14H2,(H2,29,33)(H,31,35);1-2H3. The highest BCUT2D eigenvalue weighted by Gasteiger charge is 2.45. The van der Waals surface area contributed by atoms with Crippen LogP contribution in [0, 0.1) is 5.41 Å². The van der Waals surface area contributed by atoms with Crippen LogP contribution in [0.2, 0.25) is 0 Å². The molecule has 1 atom stereocenters. The molecule has 1 aromatic heterocycles. The van der Waals surface area contributed by atoms with Crippen molar-refractivity contribution in [2.75, 3.05) is 23.3 Å².